The van der Waals surface area contributed by atoms with Gasteiger partial charge in [-0.2, -0.15) is 0 Å². The van der Waals surface area contributed by atoms with Crippen LogP contribution in [0.2, 0.25) is 0 Å². The molecule has 1 N–H and O–H groups in total. The molecule has 0 heterocycles. The normalized spacial score (nSPS) is 12.5. The van der Waals surface area contributed by atoms with Crippen LogP contribution in [0.1, 0.15) is 34.1 Å². The van der Waals surface area contributed by atoms with E-state index in [-0.39, 0.29) is 11.5 Å². The van der Waals surface area contributed by atoms with Crippen LogP contribution in [0.25, 0.3) is 0 Å². The maximum absolute atomic E-state index is 11.2. The minimum atomic E-state index is -0.309. The Bertz CT molecular complexity index is 201. The summed E-state index contributed by atoms with van der Waals surface area (Å²) in [4.78, 5) is 11.2. The quantitative estimate of drug-likeness (QED) is 0.538. The molecule has 0 aromatic rings. The van der Waals surface area contributed by atoms with Gasteiger partial charge in [0, 0.05) is 5.54 Å². The first-order valence-corrected chi connectivity index (χ1v) is 4.47. The van der Waals surface area contributed by atoms with Gasteiger partial charge in [-0.1, -0.05) is 13.0 Å². The zero-order valence-electron chi connectivity index (χ0n) is 9.10. The van der Waals surface area contributed by atoms with Crippen LogP contribution in [0.15, 0.2) is 11.8 Å². The number of allylic oxidation sites excluding steroid dienone is 1. The lowest BCUT2D eigenvalue weighted by molar-refractivity contribution is -0.136. The van der Waals surface area contributed by atoms with Gasteiger partial charge in [0.1, 0.15) is 5.70 Å². The lowest BCUT2D eigenvalue weighted by atomic mass is 10.1. The second-order valence-electron chi connectivity index (χ2n) is 3.89. The number of hydrogen-bond acceptors (Lipinski definition) is 3. The Morgan fingerprint density at radius 1 is 1.46 bits per heavy atom. The Balaban J connectivity index is 4.46. The summed E-state index contributed by atoms with van der Waals surface area (Å²) in [6.07, 6.45) is 2.64. The highest BCUT2D eigenvalue weighted by atomic mass is 16.5. The monoisotopic (exact) mass is 185 g/mol. The Kier molecular flexibility index (Phi) is 4.52. The number of ether oxygens (including phenoxy) is 1. The fraction of sp³-hybridized carbons (Fsp3) is 0.700. The van der Waals surface area contributed by atoms with Gasteiger partial charge in [-0.3, -0.25) is 0 Å². The van der Waals surface area contributed by atoms with Crippen LogP contribution < -0.4 is 5.32 Å². The summed E-state index contributed by atoms with van der Waals surface area (Å²) in [6, 6.07) is 0. The van der Waals surface area contributed by atoms with E-state index in [1.807, 2.05) is 33.8 Å². The molecule has 76 valence electrons. The molecule has 0 fully saturated rings. The van der Waals surface area contributed by atoms with Crippen molar-refractivity contribution in [1.82, 2.24) is 5.32 Å². The average Bonchev–Trinajstić information content (AvgIpc) is 2.00. The van der Waals surface area contributed by atoms with E-state index < -0.39 is 0 Å². The van der Waals surface area contributed by atoms with Crippen molar-refractivity contribution in [3.63, 3.8) is 0 Å². The average molecular weight is 185 g/mol. The number of hydrogen-bond donors (Lipinski definition) is 1. The van der Waals surface area contributed by atoms with Crippen molar-refractivity contribution in [2.45, 2.75) is 39.7 Å². The minimum absolute atomic E-state index is 0.116. The van der Waals surface area contributed by atoms with E-state index in [0.717, 1.165) is 6.42 Å². The summed E-state index contributed by atoms with van der Waals surface area (Å²) in [6.45, 7) is 7.98. The van der Waals surface area contributed by atoms with Gasteiger partial charge in [0.25, 0.3) is 0 Å². The van der Waals surface area contributed by atoms with Crippen LogP contribution in [-0.4, -0.2) is 18.6 Å². The highest BCUT2D eigenvalue weighted by molar-refractivity contribution is 5.87. The maximum Gasteiger partial charge on any atom is 0.353 e. The molecule has 0 bridgehead atoms. The molecule has 0 aliphatic rings. The van der Waals surface area contributed by atoms with Gasteiger partial charge in [-0.15, -0.1) is 0 Å². The maximum atomic E-state index is 11.2. The van der Waals surface area contributed by atoms with E-state index in [0.29, 0.717) is 5.70 Å². The zero-order valence-corrected chi connectivity index (χ0v) is 9.10. The standard InChI is InChI=1S/C10H19NO2/c1-6-7-8(9(12)13-5)11-10(2,3)4/h7,11H,6H2,1-5H3. The van der Waals surface area contributed by atoms with Crippen molar-refractivity contribution in [2.75, 3.05) is 7.11 Å². The van der Waals surface area contributed by atoms with Gasteiger partial charge >= 0.3 is 5.97 Å². The third-order valence-electron chi connectivity index (χ3n) is 1.32. The Morgan fingerprint density at radius 2 is 2.00 bits per heavy atom. The van der Waals surface area contributed by atoms with Gasteiger partial charge in [0.05, 0.1) is 7.11 Å². The van der Waals surface area contributed by atoms with Gasteiger partial charge in [-0.25, -0.2) is 4.79 Å². The number of esters is 1. The Labute approximate surface area is 80.2 Å². The van der Waals surface area contributed by atoms with Crippen molar-refractivity contribution in [3.05, 3.63) is 11.8 Å². The molecule has 0 aliphatic carbocycles. The van der Waals surface area contributed by atoms with Gasteiger partial charge < -0.3 is 10.1 Å². The molecule has 0 aromatic carbocycles. The van der Waals surface area contributed by atoms with E-state index >= 15 is 0 Å². The highest BCUT2D eigenvalue weighted by Crippen LogP contribution is 2.05. The topological polar surface area (TPSA) is 38.3 Å². The predicted octanol–water partition coefficient (Wildman–Crippen LogP) is 1.84. The molecule has 0 radical (unpaired) electrons. The Morgan fingerprint density at radius 3 is 2.31 bits per heavy atom. The van der Waals surface area contributed by atoms with E-state index in [1.54, 1.807) is 0 Å². The third kappa shape index (κ3) is 5.28. The molecule has 0 aliphatic heterocycles. The molecule has 13 heavy (non-hydrogen) atoms. The lowest BCUT2D eigenvalue weighted by Gasteiger charge is -2.22. The molecule has 0 amide bonds. The second-order valence-corrected chi connectivity index (χ2v) is 3.89. The molecule has 0 spiro atoms. The summed E-state index contributed by atoms with van der Waals surface area (Å²) in [5.41, 5.74) is 0.423. The summed E-state index contributed by atoms with van der Waals surface area (Å²) in [5.74, 6) is -0.309. The van der Waals surface area contributed by atoms with E-state index in [9.17, 15) is 4.79 Å². The molecular formula is C10H19NO2. The summed E-state index contributed by atoms with van der Waals surface area (Å²) in [7, 11) is 1.39. The summed E-state index contributed by atoms with van der Waals surface area (Å²) >= 11 is 0. The molecule has 0 aromatic heterocycles. The molecule has 0 saturated carbocycles. The van der Waals surface area contributed by atoms with Crippen molar-refractivity contribution < 1.29 is 9.53 Å². The first kappa shape index (κ1) is 12.0. The van der Waals surface area contributed by atoms with Crippen molar-refractivity contribution in [3.8, 4) is 0 Å². The largest absolute Gasteiger partial charge is 0.464 e. The number of carbonyl (C=O) groups excluding carboxylic acids is 1. The number of rotatable bonds is 3. The van der Waals surface area contributed by atoms with E-state index in [2.05, 4.69) is 10.1 Å². The second kappa shape index (κ2) is 4.90. The highest BCUT2D eigenvalue weighted by Gasteiger charge is 2.16. The first-order chi connectivity index (χ1) is 5.90. The summed E-state index contributed by atoms with van der Waals surface area (Å²) in [5, 5.41) is 3.09. The number of methoxy groups -OCH3 is 1. The molecule has 3 heteroatoms. The van der Waals surface area contributed by atoms with Crippen LogP contribution in [0.3, 0.4) is 0 Å². The minimum Gasteiger partial charge on any atom is -0.464 e. The Hall–Kier alpha value is -0.990. The number of nitrogens with one attached hydrogen (secondary N) is 1. The molecule has 0 atom stereocenters. The van der Waals surface area contributed by atoms with Crippen LogP contribution in [-0.2, 0) is 9.53 Å². The summed E-state index contributed by atoms with van der Waals surface area (Å²) < 4.78 is 4.64. The van der Waals surface area contributed by atoms with Gasteiger partial charge in [0.2, 0.25) is 0 Å². The van der Waals surface area contributed by atoms with Crippen LogP contribution in [0.4, 0.5) is 0 Å². The molecular weight excluding hydrogens is 166 g/mol. The van der Waals surface area contributed by atoms with Crippen LogP contribution >= 0.6 is 0 Å². The predicted molar refractivity (Wildman–Crippen MR) is 53.3 cm³/mol. The smallest absolute Gasteiger partial charge is 0.353 e. The zero-order chi connectivity index (χ0) is 10.5. The SMILES string of the molecule is CCC=C(NC(C)(C)C)C(=O)OC. The molecule has 3 nitrogen and oxygen atoms in total. The van der Waals surface area contributed by atoms with Crippen molar-refractivity contribution in [1.29, 1.82) is 0 Å². The third-order valence-corrected chi connectivity index (χ3v) is 1.32. The van der Waals surface area contributed by atoms with Crippen LogP contribution in [0.5, 0.6) is 0 Å². The molecule has 0 saturated heterocycles. The van der Waals surface area contributed by atoms with Crippen LogP contribution in [0, 0.1) is 0 Å². The first-order valence-electron chi connectivity index (χ1n) is 4.47. The van der Waals surface area contributed by atoms with Gasteiger partial charge in [-0.05, 0) is 27.2 Å². The molecule has 0 rings (SSSR count). The fourth-order valence-corrected chi connectivity index (χ4v) is 0.903. The molecule has 0 unspecified atom stereocenters. The van der Waals surface area contributed by atoms with Gasteiger partial charge in [0.15, 0.2) is 0 Å². The van der Waals surface area contributed by atoms with E-state index in [1.165, 1.54) is 7.11 Å². The number of carbonyl (C=O) groups is 1. The van der Waals surface area contributed by atoms with E-state index in [4.69, 9.17) is 0 Å². The lowest BCUT2D eigenvalue weighted by Crippen LogP contribution is -2.38. The van der Waals surface area contributed by atoms with Crippen molar-refractivity contribution in [2.24, 2.45) is 0 Å². The van der Waals surface area contributed by atoms with Crippen molar-refractivity contribution >= 4 is 5.97 Å². The fourth-order valence-electron chi connectivity index (χ4n) is 0.903.